The topological polar surface area (TPSA) is 54.2 Å². The second-order valence-corrected chi connectivity index (χ2v) is 5.60. The first kappa shape index (κ1) is 15.1. The number of benzene rings is 1. The van der Waals surface area contributed by atoms with E-state index >= 15 is 0 Å². The third-order valence-corrected chi connectivity index (χ3v) is 4.10. The van der Waals surface area contributed by atoms with Crippen LogP contribution in [0.3, 0.4) is 0 Å². The number of halogens is 4. The van der Waals surface area contributed by atoms with Crippen LogP contribution in [0.5, 0.6) is 0 Å². The number of hydrogen-bond donors (Lipinski definition) is 1. The van der Waals surface area contributed by atoms with Crippen molar-refractivity contribution in [2.75, 3.05) is 31.1 Å². The molecule has 1 aliphatic heterocycles. The third kappa shape index (κ3) is 2.35. The molecule has 1 aromatic carbocycles. The highest BCUT2D eigenvalue weighted by Crippen LogP contribution is 2.37. The molecule has 1 N–H and O–H groups in total. The molecule has 3 heterocycles. The molecule has 0 radical (unpaired) electrons. The highest BCUT2D eigenvalue weighted by atomic mass is 19.4. The van der Waals surface area contributed by atoms with Gasteiger partial charge >= 0.3 is 6.18 Å². The number of anilines is 1. The van der Waals surface area contributed by atoms with E-state index in [0.717, 1.165) is 19.2 Å². The minimum absolute atomic E-state index is 0.0393. The third-order valence-electron chi connectivity index (χ3n) is 4.10. The highest BCUT2D eigenvalue weighted by molar-refractivity contribution is 6.08. The largest absolute Gasteiger partial charge is 0.416 e. The molecule has 24 heavy (non-hydrogen) atoms. The minimum Gasteiger partial charge on any atom is -0.363 e. The highest BCUT2D eigenvalue weighted by Gasteiger charge is 2.32. The summed E-state index contributed by atoms with van der Waals surface area (Å²) in [7, 11) is 0. The molecule has 2 aromatic heterocycles. The lowest BCUT2D eigenvalue weighted by molar-refractivity contribution is -0.137. The first-order valence-corrected chi connectivity index (χ1v) is 7.35. The maximum absolute atomic E-state index is 14.3. The summed E-state index contributed by atoms with van der Waals surface area (Å²) in [4.78, 5) is 6.17. The maximum atomic E-state index is 14.3. The zero-order valence-electron chi connectivity index (χ0n) is 12.3. The number of pyridine rings is 1. The Bertz CT molecular complexity index is 915. The van der Waals surface area contributed by atoms with Gasteiger partial charge in [-0.15, -0.1) is 0 Å². The fourth-order valence-corrected chi connectivity index (χ4v) is 2.93. The van der Waals surface area contributed by atoms with Gasteiger partial charge in [-0.25, -0.2) is 9.37 Å². The molecule has 1 fully saturated rings. The van der Waals surface area contributed by atoms with Crippen molar-refractivity contribution in [2.24, 2.45) is 0 Å². The van der Waals surface area contributed by atoms with Gasteiger partial charge in [0, 0.05) is 31.6 Å². The van der Waals surface area contributed by atoms with Gasteiger partial charge in [-0.1, -0.05) is 5.16 Å². The van der Waals surface area contributed by atoms with Crippen molar-refractivity contribution in [3.8, 4) is 0 Å². The number of hydrogen-bond acceptors (Lipinski definition) is 5. The van der Waals surface area contributed by atoms with Crippen LogP contribution in [0.4, 0.5) is 23.4 Å². The van der Waals surface area contributed by atoms with Crippen molar-refractivity contribution in [2.45, 2.75) is 6.18 Å². The van der Waals surface area contributed by atoms with Gasteiger partial charge < -0.3 is 14.7 Å². The molecule has 0 bridgehead atoms. The Morgan fingerprint density at radius 2 is 1.83 bits per heavy atom. The average molecular weight is 340 g/mol. The number of nitrogens with zero attached hydrogens (tertiary/aromatic N) is 3. The molecule has 9 heteroatoms. The number of alkyl halides is 3. The standard InChI is InChI=1S/C15H12F4N4O/c16-11-6-8(15(17,18)19)5-9-10-7-24-22-13(10)14(21-12(9)11)23-3-1-20-2-4-23/h5-7,20H,1-4H2. The van der Waals surface area contributed by atoms with E-state index in [9.17, 15) is 17.6 Å². The van der Waals surface area contributed by atoms with E-state index in [4.69, 9.17) is 4.52 Å². The molecule has 0 atom stereocenters. The number of rotatable bonds is 1. The molecule has 126 valence electrons. The first-order chi connectivity index (χ1) is 11.4. The summed E-state index contributed by atoms with van der Waals surface area (Å²) in [5.74, 6) is -0.592. The molecule has 0 spiro atoms. The summed E-state index contributed by atoms with van der Waals surface area (Å²) in [6, 6.07) is 1.35. The Labute approximate surface area is 133 Å². The van der Waals surface area contributed by atoms with Crippen LogP contribution in [-0.4, -0.2) is 36.3 Å². The lowest BCUT2D eigenvalue weighted by Crippen LogP contribution is -2.44. The molecule has 1 aliphatic rings. The molecular weight excluding hydrogens is 328 g/mol. The van der Waals surface area contributed by atoms with E-state index in [0.29, 0.717) is 35.9 Å². The maximum Gasteiger partial charge on any atom is 0.416 e. The van der Waals surface area contributed by atoms with E-state index in [1.54, 1.807) is 0 Å². The normalized spacial score (nSPS) is 16.2. The quantitative estimate of drug-likeness (QED) is 0.691. The van der Waals surface area contributed by atoms with Gasteiger partial charge in [0.2, 0.25) is 0 Å². The van der Waals surface area contributed by atoms with Crippen molar-refractivity contribution < 1.29 is 22.1 Å². The predicted octanol–water partition coefficient (Wildman–Crippen LogP) is 2.94. The van der Waals surface area contributed by atoms with E-state index in [1.165, 1.54) is 6.26 Å². The van der Waals surface area contributed by atoms with Gasteiger partial charge in [-0.05, 0) is 12.1 Å². The summed E-state index contributed by atoms with van der Waals surface area (Å²) in [5.41, 5.74) is -0.845. The average Bonchev–Trinajstić information content (AvgIpc) is 3.04. The van der Waals surface area contributed by atoms with Crippen LogP contribution in [0.15, 0.2) is 22.9 Å². The summed E-state index contributed by atoms with van der Waals surface area (Å²) in [6.45, 7) is 2.74. The van der Waals surface area contributed by atoms with Gasteiger partial charge in [0.1, 0.15) is 17.6 Å². The molecular formula is C15H12F4N4O. The Kier molecular flexibility index (Phi) is 3.34. The molecule has 4 rings (SSSR count). The van der Waals surface area contributed by atoms with Gasteiger partial charge in [0.05, 0.1) is 10.9 Å². The van der Waals surface area contributed by atoms with Crippen molar-refractivity contribution in [3.63, 3.8) is 0 Å². The van der Waals surface area contributed by atoms with Crippen molar-refractivity contribution in [1.82, 2.24) is 15.5 Å². The van der Waals surface area contributed by atoms with E-state index in [2.05, 4.69) is 15.5 Å². The SMILES string of the molecule is Fc1cc(C(F)(F)F)cc2c1nc(N1CCNCC1)c1nocc12. The van der Waals surface area contributed by atoms with Gasteiger partial charge in [0.25, 0.3) is 0 Å². The van der Waals surface area contributed by atoms with E-state index in [1.807, 2.05) is 4.90 Å². The second kappa shape index (κ2) is 5.30. The van der Waals surface area contributed by atoms with Crippen molar-refractivity contribution in [3.05, 3.63) is 29.8 Å². The summed E-state index contributed by atoms with van der Waals surface area (Å²) in [6.07, 6.45) is -3.42. The lowest BCUT2D eigenvalue weighted by atomic mass is 10.1. The molecule has 0 amide bonds. The first-order valence-electron chi connectivity index (χ1n) is 7.35. The lowest BCUT2D eigenvalue weighted by Gasteiger charge is -2.28. The van der Waals surface area contributed by atoms with Crippen molar-refractivity contribution >= 4 is 27.6 Å². The van der Waals surface area contributed by atoms with Crippen LogP contribution in [0.1, 0.15) is 5.56 Å². The molecule has 5 nitrogen and oxygen atoms in total. The smallest absolute Gasteiger partial charge is 0.363 e. The Morgan fingerprint density at radius 1 is 1.08 bits per heavy atom. The van der Waals surface area contributed by atoms with Gasteiger partial charge in [-0.3, -0.25) is 0 Å². The summed E-state index contributed by atoms with van der Waals surface area (Å²) >= 11 is 0. The van der Waals surface area contributed by atoms with E-state index in [-0.39, 0.29) is 10.9 Å². The summed E-state index contributed by atoms with van der Waals surface area (Å²) in [5, 5.41) is 7.41. The monoisotopic (exact) mass is 340 g/mol. The predicted molar refractivity (Wildman–Crippen MR) is 79.4 cm³/mol. The Morgan fingerprint density at radius 3 is 2.54 bits per heavy atom. The zero-order valence-corrected chi connectivity index (χ0v) is 12.3. The minimum atomic E-state index is -4.64. The van der Waals surface area contributed by atoms with Crippen LogP contribution in [0, 0.1) is 5.82 Å². The molecule has 0 unspecified atom stereocenters. The second-order valence-electron chi connectivity index (χ2n) is 5.60. The zero-order chi connectivity index (χ0) is 16.9. The molecule has 0 aliphatic carbocycles. The molecule has 1 saturated heterocycles. The summed E-state index contributed by atoms with van der Waals surface area (Å²) < 4.78 is 58.1. The number of piperazine rings is 1. The fourth-order valence-electron chi connectivity index (χ4n) is 2.93. The van der Waals surface area contributed by atoms with Crippen LogP contribution in [0.25, 0.3) is 21.8 Å². The van der Waals surface area contributed by atoms with Gasteiger partial charge in [-0.2, -0.15) is 13.2 Å². The van der Waals surface area contributed by atoms with Crippen LogP contribution in [-0.2, 0) is 6.18 Å². The Hall–Kier alpha value is -2.42. The molecule has 3 aromatic rings. The Balaban J connectivity index is 2.00. The number of fused-ring (bicyclic) bond motifs is 3. The van der Waals surface area contributed by atoms with Crippen molar-refractivity contribution in [1.29, 1.82) is 0 Å². The van der Waals surface area contributed by atoms with Gasteiger partial charge in [0.15, 0.2) is 11.3 Å². The van der Waals surface area contributed by atoms with Crippen LogP contribution < -0.4 is 10.2 Å². The fraction of sp³-hybridized carbons (Fsp3) is 0.333. The number of aromatic nitrogens is 2. The molecule has 0 saturated carbocycles. The number of nitrogens with one attached hydrogen (secondary N) is 1. The van der Waals surface area contributed by atoms with Crippen LogP contribution in [0.2, 0.25) is 0 Å². The van der Waals surface area contributed by atoms with E-state index < -0.39 is 17.6 Å². The van der Waals surface area contributed by atoms with Crippen LogP contribution >= 0.6 is 0 Å².